The molecule has 5 radical (unpaired) electrons. The lowest BCUT2D eigenvalue weighted by atomic mass is 9.79. The lowest BCUT2D eigenvalue weighted by Gasteiger charge is -2.26. The number of nitrogens with two attached hydrogens (primary N) is 1. The van der Waals surface area contributed by atoms with Gasteiger partial charge in [0.2, 0.25) is 0 Å². The van der Waals surface area contributed by atoms with Gasteiger partial charge >= 0.3 is 5.69 Å². The third-order valence-corrected chi connectivity index (χ3v) is 4.24. The van der Waals surface area contributed by atoms with Crippen molar-refractivity contribution in [3.8, 4) is 0 Å². The number of hydrogen-bond donors (Lipinski definition) is 1. The topological polar surface area (TPSA) is 60.9 Å². The van der Waals surface area contributed by atoms with Crippen LogP contribution in [-0.4, -0.2) is 9.55 Å². The summed E-state index contributed by atoms with van der Waals surface area (Å²) in [5, 5.41) is 0. The average Bonchev–Trinajstić information content (AvgIpc) is 2.92. The van der Waals surface area contributed by atoms with Crippen molar-refractivity contribution in [1.29, 1.82) is 0 Å². The van der Waals surface area contributed by atoms with E-state index in [-0.39, 0.29) is 23.0 Å². The molecule has 2 aliphatic carbocycles. The largest absolute Gasteiger partial charge is 0.383 e. The summed E-state index contributed by atoms with van der Waals surface area (Å²) < 4.78 is 1.72. The molecule has 1 heterocycles. The number of nitrogens with zero attached hydrogens (tertiary/aromatic N) is 2. The number of nitrogen functional groups attached to an aromatic ring is 1. The molecule has 0 unspecified atom stereocenters. The summed E-state index contributed by atoms with van der Waals surface area (Å²) in [5.74, 6) is 3.43. The molecule has 2 saturated carbocycles. The SMILES string of the molecule is CC(C)(C)C[C@@H]1C[C@@H](n2ccc(N)nc2=O)[C]2[CH][CH][CH][C]21. The Morgan fingerprint density at radius 2 is 2.05 bits per heavy atom. The lowest BCUT2D eigenvalue weighted by molar-refractivity contribution is 0.301. The Balaban J connectivity index is 1.88. The first-order chi connectivity index (χ1) is 9.85. The molecule has 2 aliphatic rings. The Bertz CT molecular complexity index is 572. The first-order valence-electron chi connectivity index (χ1n) is 7.45. The fourth-order valence-corrected chi connectivity index (χ4v) is 3.51. The second-order valence-corrected chi connectivity index (χ2v) is 7.19. The highest BCUT2D eigenvalue weighted by atomic mass is 16.1. The zero-order valence-corrected chi connectivity index (χ0v) is 12.8. The van der Waals surface area contributed by atoms with Crippen LogP contribution in [0.4, 0.5) is 5.82 Å². The van der Waals surface area contributed by atoms with Crippen LogP contribution < -0.4 is 11.4 Å². The van der Waals surface area contributed by atoms with E-state index < -0.39 is 0 Å². The van der Waals surface area contributed by atoms with E-state index in [2.05, 4.69) is 45.0 Å². The van der Waals surface area contributed by atoms with Gasteiger partial charge in [0.1, 0.15) is 5.82 Å². The zero-order chi connectivity index (χ0) is 15.2. The number of hydrogen-bond acceptors (Lipinski definition) is 3. The third-order valence-electron chi connectivity index (χ3n) is 4.24. The van der Waals surface area contributed by atoms with E-state index in [4.69, 9.17) is 5.73 Å². The van der Waals surface area contributed by atoms with Crippen molar-refractivity contribution in [3.63, 3.8) is 0 Å². The molecule has 1 aromatic rings. The molecular formula is C17H22N3O. The van der Waals surface area contributed by atoms with Crippen LogP contribution in [0.5, 0.6) is 0 Å². The number of anilines is 1. The first kappa shape index (κ1) is 14.6. The summed E-state index contributed by atoms with van der Waals surface area (Å²) >= 11 is 0. The van der Waals surface area contributed by atoms with Gasteiger partial charge in [-0.05, 0) is 55.4 Å². The summed E-state index contributed by atoms with van der Waals surface area (Å²) in [4.78, 5) is 16.0. The maximum Gasteiger partial charge on any atom is 0.349 e. The normalized spacial score (nSPS) is 27.2. The maximum atomic E-state index is 12.1. The van der Waals surface area contributed by atoms with Crippen molar-refractivity contribution in [2.24, 2.45) is 11.3 Å². The molecular weight excluding hydrogens is 262 g/mol. The number of fused-ring (bicyclic) bond motifs is 1. The quantitative estimate of drug-likeness (QED) is 0.908. The molecule has 2 fully saturated rings. The van der Waals surface area contributed by atoms with Gasteiger partial charge in [-0.3, -0.25) is 4.57 Å². The minimum absolute atomic E-state index is 0.0861. The average molecular weight is 284 g/mol. The van der Waals surface area contributed by atoms with Gasteiger partial charge in [0, 0.05) is 18.2 Å². The Morgan fingerprint density at radius 3 is 2.71 bits per heavy atom. The summed E-state index contributed by atoms with van der Waals surface area (Å²) in [6.45, 7) is 6.79. The van der Waals surface area contributed by atoms with Gasteiger partial charge in [0.05, 0.1) is 0 Å². The van der Waals surface area contributed by atoms with Crippen LogP contribution in [0.1, 0.15) is 39.7 Å². The van der Waals surface area contributed by atoms with Gasteiger partial charge in [-0.1, -0.05) is 20.8 Å². The molecule has 21 heavy (non-hydrogen) atoms. The van der Waals surface area contributed by atoms with Crippen molar-refractivity contribution >= 4 is 5.82 Å². The highest BCUT2D eigenvalue weighted by Gasteiger charge is 2.48. The van der Waals surface area contributed by atoms with Gasteiger partial charge in [-0.15, -0.1) is 0 Å². The van der Waals surface area contributed by atoms with Crippen LogP contribution in [0.15, 0.2) is 17.1 Å². The summed E-state index contributed by atoms with van der Waals surface area (Å²) in [7, 11) is 0. The van der Waals surface area contributed by atoms with E-state index >= 15 is 0 Å². The Kier molecular flexibility index (Phi) is 3.58. The van der Waals surface area contributed by atoms with E-state index in [1.807, 2.05) is 0 Å². The molecule has 0 bridgehead atoms. The van der Waals surface area contributed by atoms with Gasteiger partial charge in [-0.25, -0.2) is 4.79 Å². The predicted molar refractivity (Wildman–Crippen MR) is 83.5 cm³/mol. The van der Waals surface area contributed by atoms with Gasteiger partial charge in [0.15, 0.2) is 0 Å². The Morgan fingerprint density at radius 1 is 1.33 bits per heavy atom. The molecule has 111 valence electrons. The molecule has 0 spiro atoms. The van der Waals surface area contributed by atoms with Crippen LogP contribution in [-0.2, 0) is 0 Å². The fourth-order valence-electron chi connectivity index (χ4n) is 3.51. The van der Waals surface area contributed by atoms with Crippen molar-refractivity contribution in [2.75, 3.05) is 5.73 Å². The summed E-state index contributed by atoms with van der Waals surface area (Å²) in [6, 6.07) is 1.78. The molecule has 1 aromatic heterocycles. The minimum Gasteiger partial charge on any atom is -0.383 e. The van der Waals surface area contributed by atoms with Gasteiger partial charge < -0.3 is 5.73 Å². The molecule has 2 atom stereocenters. The van der Waals surface area contributed by atoms with E-state index in [0.29, 0.717) is 5.92 Å². The molecule has 4 heteroatoms. The predicted octanol–water partition coefficient (Wildman–Crippen LogP) is 2.60. The van der Waals surface area contributed by atoms with Crippen molar-refractivity contribution in [1.82, 2.24) is 9.55 Å². The summed E-state index contributed by atoms with van der Waals surface area (Å²) in [6.07, 6.45) is 10.3. The zero-order valence-electron chi connectivity index (χ0n) is 12.8. The molecule has 0 saturated heterocycles. The van der Waals surface area contributed by atoms with Crippen molar-refractivity contribution in [2.45, 2.75) is 39.7 Å². The molecule has 4 nitrogen and oxygen atoms in total. The Labute approximate surface area is 126 Å². The third kappa shape index (κ3) is 2.85. The van der Waals surface area contributed by atoms with Crippen molar-refractivity contribution < 1.29 is 0 Å². The standard InChI is InChI=1S/C17H22N3O/c1-17(2,3)10-11-9-14(13-6-4-5-12(11)13)20-8-7-15(18)19-16(20)21/h4-8,11,14H,9-10H2,1-3H3,(H2,18,19,21)/t11-,14+/m0/s1. The molecule has 0 aliphatic heterocycles. The highest BCUT2D eigenvalue weighted by Crippen LogP contribution is 2.56. The second kappa shape index (κ2) is 5.15. The second-order valence-electron chi connectivity index (χ2n) is 7.19. The molecule has 2 N–H and O–H groups in total. The number of rotatable bonds is 2. The number of aromatic nitrogens is 2. The van der Waals surface area contributed by atoms with Crippen LogP contribution >= 0.6 is 0 Å². The van der Waals surface area contributed by atoms with E-state index in [1.165, 1.54) is 11.8 Å². The van der Waals surface area contributed by atoms with E-state index in [0.717, 1.165) is 12.8 Å². The van der Waals surface area contributed by atoms with Crippen LogP contribution in [0.2, 0.25) is 0 Å². The highest BCUT2D eigenvalue weighted by molar-refractivity contribution is 5.50. The fraction of sp³-hybridized carbons (Fsp3) is 0.471. The van der Waals surface area contributed by atoms with Gasteiger partial charge in [-0.2, -0.15) is 4.98 Å². The Hall–Kier alpha value is -1.32. The van der Waals surface area contributed by atoms with Crippen molar-refractivity contribution in [3.05, 3.63) is 53.8 Å². The maximum absolute atomic E-state index is 12.1. The van der Waals surface area contributed by atoms with Crippen LogP contribution in [0.25, 0.3) is 0 Å². The molecule has 3 rings (SSSR count). The van der Waals surface area contributed by atoms with Crippen LogP contribution in [0.3, 0.4) is 0 Å². The van der Waals surface area contributed by atoms with E-state index in [9.17, 15) is 4.79 Å². The van der Waals surface area contributed by atoms with Gasteiger partial charge in [0.25, 0.3) is 0 Å². The molecule has 0 amide bonds. The van der Waals surface area contributed by atoms with E-state index in [1.54, 1.807) is 16.8 Å². The first-order valence-corrected chi connectivity index (χ1v) is 7.45. The smallest absolute Gasteiger partial charge is 0.349 e. The summed E-state index contributed by atoms with van der Waals surface area (Å²) in [5.41, 5.74) is 5.60. The monoisotopic (exact) mass is 284 g/mol. The molecule has 0 aromatic carbocycles. The minimum atomic E-state index is -0.261. The van der Waals surface area contributed by atoms with Crippen LogP contribution in [0, 0.1) is 42.4 Å². The lowest BCUT2D eigenvalue weighted by Crippen LogP contribution is -2.28.